The molecule has 1 amide bonds. The predicted molar refractivity (Wildman–Crippen MR) is 122 cm³/mol. The van der Waals surface area contributed by atoms with Crippen molar-refractivity contribution in [3.05, 3.63) is 89.9 Å². The molecule has 0 unspecified atom stereocenters. The molecule has 1 fully saturated rings. The van der Waals surface area contributed by atoms with Gasteiger partial charge in [-0.2, -0.15) is 18.3 Å². The highest BCUT2D eigenvalue weighted by atomic mass is 19.4. The molecule has 10 heteroatoms. The number of halogens is 3. The van der Waals surface area contributed by atoms with Gasteiger partial charge in [0.05, 0.1) is 24.2 Å². The molecule has 1 aliphatic rings. The van der Waals surface area contributed by atoms with Gasteiger partial charge < -0.3 is 5.32 Å². The summed E-state index contributed by atoms with van der Waals surface area (Å²) in [4.78, 5) is 25.0. The number of alkyl halides is 3. The summed E-state index contributed by atoms with van der Waals surface area (Å²) >= 11 is 0. The van der Waals surface area contributed by atoms with Crippen molar-refractivity contribution in [2.75, 3.05) is 5.32 Å². The number of nitrogens with one attached hydrogen (secondary N) is 1. The first-order valence-electron chi connectivity index (χ1n) is 11.1. The molecule has 35 heavy (non-hydrogen) atoms. The van der Waals surface area contributed by atoms with Gasteiger partial charge in [0.25, 0.3) is 0 Å². The molecule has 1 saturated carbocycles. The maximum Gasteiger partial charge on any atom is 0.416 e. The van der Waals surface area contributed by atoms with E-state index in [4.69, 9.17) is 0 Å². The monoisotopic (exact) mass is 478 g/mol. The van der Waals surface area contributed by atoms with Crippen LogP contribution in [0.15, 0.2) is 67.4 Å². The molecule has 0 saturated heterocycles. The van der Waals surface area contributed by atoms with E-state index in [2.05, 4.69) is 25.4 Å². The van der Waals surface area contributed by atoms with Crippen LogP contribution in [0.1, 0.15) is 41.4 Å². The molecular formula is C25H21F3N6O. The zero-order chi connectivity index (χ0) is 24.4. The standard InChI is InChI=1S/C25H21F3N6O/c26-25(27,28)20-7-8-29-23(11-20)33-24(35)10-16-1-3-18(4-2-16)19-13-30-22(31-14-19)9-17-12-32-34(15-17)21-5-6-21/h1-4,7-8,11-15,21H,5-6,9-10H2,(H,29,33,35). The molecule has 1 aromatic carbocycles. The highest BCUT2D eigenvalue weighted by Gasteiger charge is 2.30. The molecule has 4 aromatic rings. The SMILES string of the molecule is O=C(Cc1ccc(-c2cnc(Cc3cnn(C4CC4)c3)nc2)cc1)Nc1cc(C(F)(F)F)ccn1. The van der Waals surface area contributed by atoms with Gasteiger partial charge in [-0.25, -0.2) is 15.0 Å². The number of nitrogens with zero attached hydrogens (tertiary/aromatic N) is 5. The molecule has 0 bridgehead atoms. The Kier molecular flexibility index (Phi) is 6.02. The van der Waals surface area contributed by atoms with Crippen LogP contribution in [0.2, 0.25) is 0 Å². The van der Waals surface area contributed by atoms with Crippen molar-refractivity contribution in [1.29, 1.82) is 0 Å². The molecule has 0 radical (unpaired) electrons. The van der Waals surface area contributed by atoms with Gasteiger partial charge in [-0.15, -0.1) is 0 Å². The number of rotatable bonds is 7. The van der Waals surface area contributed by atoms with Crippen molar-refractivity contribution in [3.63, 3.8) is 0 Å². The van der Waals surface area contributed by atoms with E-state index >= 15 is 0 Å². The molecule has 1 aliphatic carbocycles. The summed E-state index contributed by atoms with van der Waals surface area (Å²) in [7, 11) is 0. The molecule has 178 valence electrons. The van der Waals surface area contributed by atoms with Gasteiger partial charge >= 0.3 is 6.18 Å². The van der Waals surface area contributed by atoms with Gasteiger partial charge in [0, 0.05) is 36.8 Å². The topological polar surface area (TPSA) is 85.6 Å². The molecule has 3 aromatic heterocycles. The highest BCUT2D eigenvalue weighted by Crippen LogP contribution is 2.34. The summed E-state index contributed by atoms with van der Waals surface area (Å²) in [6, 6.07) is 9.48. The summed E-state index contributed by atoms with van der Waals surface area (Å²) in [5, 5.41) is 6.80. The fraction of sp³-hybridized carbons (Fsp3) is 0.240. The molecule has 0 aliphatic heterocycles. The van der Waals surface area contributed by atoms with Gasteiger partial charge in [-0.3, -0.25) is 9.48 Å². The quantitative estimate of drug-likeness (QED) is 0.410. The van der Waals surface area contributed by atoms with E-state index < -0.39 is 17.6 Å². The Balaban J connectivity index is 1.18. The third-order valence-corrected chi connectivity index (χ3v) is 5.65. The number of aromatic nitrogens is 5. The maximum atomic E-state index is 12.8. The lowest BCUT2D eigenvalue weighted by Gasteiger charge is -2.09. The number of hydrogen-bond donors (Lipinski definition) is 1. The minimum Gasteiger partial charge on any atom is -0.310 e. The van der Waals surface area contributed by atoms with Crippen LogP contribution in [0, 0.1) is 0 Å². The molecule has 5 rings (SSSR count). The van der Waals surface area contributed by atoms with Gasteiger partial charge in [-0.05, 0) is 41.7 Å². The Morgan fingerprint density at radius 3 is 2.40 bits per heavy atom. The third kappa shape index (κ3) is 5.71. The number of carbonyl (C=O) groups excluding carboxylic acids is 1. The Hall–Kier alpha value is -4.08. The lowest BCUT2D eigenvalue weighted by molar-refractivity contribution is -0.137. The number of anilines is 1. The van der Waals surface area contributed by atoms with Crippen molar-refractivity contribution in [2.24, 2.45) is 0 Å². The summed E-state index contributed by atoms with van der Waals surface area (Å²) in [5.41, 5.74) is 2.65. The molecule has 0 spiro atoms. The van der Waals surface area contributed by atoms with E-state index in [-0.39, 0.29) is 12.2 Å². The van der Waals surface area contributed by atoms with Crippen molar-refractivity contribution in [2.45, 2.75) is 37.9 Å². The zero-order valence-corrected chi connectivity index (χ0v) is 18.5. The van der Waals surface area contributed by atoms with E-state index in [9.17, 15) is 18.0 Å². The second kappa shape index (κ2) is 9.28. The lowest BCUT2D eigenvalue weighted by Crippen LogP contribution is -2.16. The van der Waals surface area contributed by atoms with Crippen molar-refractivity contribution < 1.29 is 18.0 Å². The number of hydrogen-bond acceptors (Lipinski definition) is 5. The summed E-state index contributed by atoms with van der Waals surface area (Å²) in [5.74, 6) is 0.112. The number of carbonyl (C=O) groups is 1. The first-order valence-corrected chi connectivity index (χ1v) is 11.1. The summed E-state index contributed by atoms with van der Waals surface area (Å²) in [6.07, 6.45) is 6.92. The smallest absolute Gasteiger partial charge is 0.310 e. The van der Waals surface area contributed by atoms with Gasteiger partial charge in [0.15, 0.2) is 0 Å². The van der Waals surface area contributed by atoms with Crippen molar-refractivity contribution in [1.82, 2.24) is 24.7 Å². The fourth-order valence-corrected chi connectivity index (χ4v) is 3.65. The molecular weight excluding hydrogens is 457 g/mol. The average Bonchev–Trinajstić information content (AvgIpc) is 3.58. The second-order valence-electron chi connectivity index (χ2n) is 8.47. The number of pyridine rings is 1. The Morgan fingerprint density at radius 2 is 1.71 bits per heavy atom. The minimum absolute atomic E-state index is 0.00217. The summed E-state index contributed by atoms with van der Waals surface area (Å²) < 4.78 is 40.5. The van der Waals surface area contributed by atoms with Crippen LogP contribution in [0.5, 0.6) is 0 Å². The molecule has 3 heterocycles. The molecule has 7 nitrogen and oxygen atoms in total. The maximum absolute atomic E-state index is 12.8. The van der Waals surface area contributed by atoms with Crippen LogP contribution in [0.3, 0.4) is 0 Å². The van der Waals surface area contributed by atoms with Crippen LogP contribution in [-0.2, 0) is 23.8 Å². The second-order valence-corrected chi connectivity index (χ2v) is 8.47. The Labute approximate surface area is 199 Å². The van der Waals surface area contributed by atoms with E-state index in [1.807, 2.05) is 29.2 Å². The van der Waals surface area contributed by atoms with Crippen molar-refractivity contribution >= 4 is 11.7 Å². The van der Waals surface area contributed by atoms with Crippen LogP contribution in [-0.4, -0.2) is 30.6 Å². The van der Waals surface area contributed by atoms with E-state index in [0.717, 1.165) is 35.0 Å². The molecule has 1 N–H and O–H groups in total. The molecule has 0 atom stereocenters. The van der Waals surface area contributed by atoms with Crippen LogP contribution in [0.25, 0.3) is 11.1 Å². The number of amides is 1. The van der Waals surface area contributed by atoms with Crippen LogP contribution in [0.4, 0.5) is 19.0 Å². The van der Waals surface area contributed by atoms with E-state index in [0.29, 0.717) is 23.9 Å². The fourth-order valence-electron chi connectivity index (χ4n) is 3.65. The van der Waals surface area contributed by atoms with Gasteiger partial charge in [-0.1, -0.05) is 24.3 Å². The van der Waals surface area contributed by atoms with Crippen LogP contribution >= 0.6 is 0 Å². The van der Waals surface area contributed by atoms with Crippen LogP contribution < -0.4 is 5.32 Å². The normalized spacial score (nSPS) is 13.6. The average molecular weight is 478 g/mol. The highest BCUT2D eigenvalue weighted by molar-refractivity contribution is 5.91. The lowest BCUT2D eigenvalue weighted by atomic mass is 10.0. The third-order valence-electron chi connectivity index (χ3n) is 5.65. The first kappa shape index (κ1) is 22.7. The first-order chi connectivity index (χ1) is 16.8. The Bertz CT molecular complexity index is 1330. The van der Waals surface area contributed by atoms with E-state index in [1.54, 1.807) is 24.5 Å². The number of benzene rings is 1. The largest absolute Gasteiger partial charge is 0.416 e. The summed E-state index contributed by atoms with van der Waals surface area (Å²) in [6.45, 7) is 0. The minimum atomic E-state index is -4.50. The van der Waals surface area contributed by atoms with E-state index in [1.165, 1.54) is 12.8 Å². The van der Waals surface area contributed by atoms with Gasteiger partial charge in [0.1, 0.15) is 11.6 Å². The zero-order valence-electron chi connectivity index (χ0n) is 18.5. The van der Waals surface area contributed by atoms with Gasteiger partial charge in [0.2, 0.25) is 5.91 Å². The van der Waals surface area contributed by atoms with Crippen molar-refractivity contribution in [3.8, 4) is 11.1 Å². The Morgan fingerprint density at radius 1 is 0.971 bits per heavy atom. The predicted octanol–water partition coefficient (Wildman–Crippen LogP) is 4.86.